The van der Waals surface area contributed by atoms with Gasteiger partial charge in [-0.05, 0) is 48.9 Å². The summed E-state index contributed by atoms with van der Waals surface area (Å²) in [5, 5.41) is 5.23. The number of nitrogens with two attached hydrogens (primary N) is 1. The molecule has 0 heterocycles. The molecule has 0 saturated heterocycles. The summed E-state index contributed by atoms with van der Waals surface area (Å²) >= 11 is 5.99. The quantitative estimate of drug-likeness (QED) is 0.870. The summed E-state index contributed by atoms with van der Waals surface area (Å²) in [6, 6.07) is 9.46. The molecule has 0 atom stereocenters. The van der Waals surface area contributed by atoms with Crippen molar-refractivity contribution in [1.29, 1.82) is 0 Å². The average molecular weight is 361 g/mol. The van der Waals surface area contributed by atoms with E-state index in [0.29, 0.717) is 0 Å². The van der Waals surface area contributed by atoms with Gasteiger partial charge in [-0.15, -0.1) is 0 Å². The van der Waals surface area contributed by atoms with Crippen molar-refractivity contribution in [2.75, 3.05) is 4.72 Å². The number of halogens is 1. The largest absolute Gasteiger partial charge is 0.278 e. The summed E-state index contributed by atoms with van der Waals surface area (Å²) in [4.78, 5) is -0.267. The van der Waals surface area contributed by atoms with Gasteiger partial charge in [-0.2, -0.15) is 0 Å². The third-order valence-corrected chi connectivity index (χ3v) is 5.45. The maximum atomic E-state index is 12.2. The number of anilines is 1. The van der Waals surface area contributed by atoms with Crippen LogP contribution in [0.25, 0.3) is 0 Å². The summed E-state index contributed by atoms with van der Waals surface area (Å²) in [7, 11) is -7.75. The van der Waals surface area contributed by atoms with E-state index in [1.807, 2.05) is 6.92 Å². The van der Waals surface area contributed by atoms with Crippen LogP contribution in [-0.2, 0) is 20.0 Å². The highest BCUT2D eigenvalue weighted by Gasteiger charge is 2.17. The number of aryl methyl sites for hydroxylation is 1. The van der Waals surface area contributed by atoms with E-state index in [-0.39, 0.29) is 20.5 Å². The first kappa shape index (κ1) is 16.8. The molecule has 0 aliphatic carbocycles. The number of rotatable bonds is 4. The van der Waals surface area contributed by atoms with E-state index in [1.54, 1.807) is 18.2 Å². The van der Waals surface area contributed by atoms with Gasteiger partial charge in [0.25, 0.3) is 10.0 Å². The molecule has 3 N–H and O–H groups in total. The Hall–Kier alpha value is -1.61. The highest BCUT2D eigenvalue weighted by molar-refractivity contribution is 7.92. The number of primary sulfonamides is 1. The predicted molar refractivity (Wildman–Crippen MR) is 84.8 cm³/mol. The molecule has 0 aromatic heterocycles. The van der Waals surface area contributed by atoms with Gasteiger partial charge in [0.15, 0.2) is 0 Å². The minimum atomic E-state index is -3.88. The molecule has 0 bridgehead atoms. The van der Waals surface area contributed by atoms with Gasteiger partial charge in [0.1, 0.15) is 0 Å². The molecule has 0 fully saturated rings. The Labute approximate surface area is 134 Å². The van der Waals surface area contributed by atoms with Gasteiger partial charge in [-0.1, -0.05) is 17.7 Å². The van der Waals surface area contributed by atoms with Crippen molar-refractivity contribution < 1.29 is 16.8 Å². The van der Waals surface area contributed by atoms with Gasteiger partial charge in [0, 0.05) is 0 Å². The average Bonchev–Trinajstić information content (AvgIpc) is 2.41. The Kier molecular flexibility index (Phi) is 4.48. The van der Waals surface area contributed by atoms with E-state index < -0.39 is 20.0 Å². The fraction of sp³-hybridized carbons (Fsp3) is 0.0769. The summed E-state index contributed by atoms with van der Waals surface area (Å²) in [5.41, 5.74) is 1.13. The van der Waals surface area contributed by atoms with E-state index in [4.69, 9.17) is 16.7 Å². The molecule has 6 nitrogen and oxygen atoms in total. The van der Waals surface area contributed by atoms with Gasteiger partial charge in [-0.3, -0.25) is 4.72 Å². The van der Waals surface area contributed by atoms with E-state index in [0.717, 1.165) is 29.8 Å². The van der Waals surface area contributed by atoms with Gasteiger partial charge < -0.3 is 0 Å². The lowest BCUT2D eigenvalue weighted by molar-refractivity contribution is 0.595. The Morgan fingerprint density at radius 2 is 1.50 bits per heavy atom. The number of benzene rings is 2. The normalized spacial score (nSPS) is 12.1. The molecule has 2 rings (SSSR count). The molecule has 0 spiro atoms. The van der Waals surface area contributed by atoms with Crippen molar-refractivity contribution in [3.8, 4) is 0 Å². The van der Waals surface area contributed by atoms with Crippen LogP contribution in [0.5, 0.6) is 0 Å². The summed E-state index contributed by atoms with van der Waals surface area (Å²) in [5.74, 6) is 0. The maximum Gasteiger partial charge on any atom is 0.261 e. The number of hydrogen-bond acceptors (Lipinski definition) is 4. The fourth-order valence-electron chi connectivity index (χ4n) is 1.72. The molecule has 0 amide bonds. The lowest BCUT2D eigenvalue weighted by Crippen LogP contribution is -2.15. The third-order valence-electron chi connectivity index (χ3n) is 2.83. The first-order chi connectivity index (χ1) is 10.1. The van der Waals surface area contributed by atoms with Crippen molar-refractivity contribution in [2.24, 2.45) is 5.14 Å². The van der Waals surface area contributed by atoms with E-state index in [1.165, 1.54) is 0 Å². The van der Waals surface area contributed by atoms with Crippen molar-refractivity contribution in [2.45, 2.75) is 16.7 Å². The van der Waals surface area contributed by atoms with Gasteiger partial charge in [0.05, 0.1) is 20.5 Å². The fourth-order valence-corrected chi connectivity index (χ4v) is 3.65. The molecule has 118 valence electrons. The molecule has 0 radical (unpaired) electrons. The SMILES string of the molecule is Cc1ccc(NS(=O)(=O)c2ccc(S(N)(=O)=O)cc2)c(Cl)c1. The van der Waals surface area contributed by atoms with Crippen molar-refractivity contribution in [3.05, 3.63) is 53.1 Å². The zero-order valence-electron chi connectivity index (χ0n) is 11.4. The van der Waals surface area contributed by atoms with Crippen LogP contribution in [0.1, 0.15) is 5.56 Å². The number of hydrogen-bond donors (Lipinski definition) is 2. The first-order valence-corrected chi connectivity index (χ1v) is 9.42. The van der Waals surface area contributed by atoms with Crippen molar-refractivity contribution >= 4 is 37.3 Å². The topological polar surface area (TPSA) is 106 Å². The standard InChI is InChI=1S/C13H13ClN2O4S2/c1-9-2-7-13(12(14)8-9)16-22(19,20)11-5-3-10(4-6-11)21(15,17)18/h2-8,16H,1H3,(H2,15,17,18). The highest BCUT2D eigenvalue weighted by atomic mass is 35.5. The van der Waals surface area contributed by atoms with Crippen LogP contribution in [0.3, 0.4) is 0 Å². The van der Waals surface area contributed by atoms with Crippen molar-refractivity contribution in [1.82, 2.24) is 0 Å². The van der Waals surface area contributed by atoms with Crippen LogP contribution in [0.4, 0.5) is 5.69 Å². The Balaban J connectivity index is 2.34. The molecule has 0 aliphatic heterocycles. The Morgan fingerprint density at radius 1 is 0.955 bits per heavy atom. The molecule has 22 heavy (non-hydrogen) atoms. The van der Waals surface area contributed by atoms with Crippen LogP contribution in [0, 0.1) is 6.92 Å². The second-order valence-corrected chi connectivity index (χ2v) is 8.26. The van der Waals surface area contributed by atoms with Gasteiger partial charge >= 0.3 is 0 Å². The second-order valence-electron chi connectivity index (χ2n) is 4.61. The van der Waals surface area contributed by atoms with E-state index in [2.05, 4.69) is 4.72 Å². The van der Waals surface area contributed by atoms with Crippen LogP contribution in [-0.4, -0.2) is 16.8 Å². The van der Waals surface area contributed by atoms with Gasteiger partial charge in [0.2, 0.25) is 10.0 Å². The number of sulfonamides is 2. The van der Waals surface area contributed by atoms with E-state index >= 15 is 0 Å². The molecule has 2 aromatic carbocycles. The van der Waals surface area contributed by atoms with Crippen LogP contribution in [0.2, 0.25) is 5.02 Å². The van der Waals surface area contributed by atoms with Crippen LogP contribution < -0.4 is 9.86 Å². The van der Waals surface area contributed by atoms with Crippen molar-refractivity contribution in [3.63, 3.8) is 0 Å². The molecule has 0 unspecified atom stereocenters. The minimum absolute atomic E-state index is 0.100. The zero-order valence-corrected chi connectivity index (χ0v) is 13.8. The number of nitrogens with one attached hydrogen (secondary N) is 1. The Morgan fingerprint density at radius 3 is 2.00 bits per heavy atom. The van der Waals surface area contributed by atoms with E-state index in [9.17, 15) is 16.8 Å². The Bertz CT molecular complexity index is 908. The monoisotopic (exact) mass is 360 g/mol. The molecule has 2 aromatic rings. The third kappa shape index (κ3) is 3.77. The second kappa shape index (κ2) is 5.88. The van der Waals surface area contributed by atoms with Crippen LogP contribution >= 0.6 is 11.6 Å². The summed E-state index contributed by atoms with van der Waals surface area (Å²) in [6.45, 7) is 1.83. The zero-order chi connectivity index (χ0) is 16.5. The predicted octanol–water partition coefficient (Wildman–Crippen LogP) is 2.10. The molecular weight excluding hydrogens is 348 g/mol. The lowest BCUT2D eigenvalue weighted by atomic mass is 10.2. The summed E-state index contributed by atoms with van der Waals surface area (Å²) in [6.07, 6.45) is 0. The highest BCUT2D eigenvalue weighted by Crippen LogP contribution is 2.25. The minimum Gasteiger partial charge on any atom is -0.278 e. The molecule has 0 aliphatic rings. The van der Waals surface area contributed by atoms with Crippen LogP contribution in [0.15, 0.2) is 52.3 Å². The maximum absolute atomic E-state index is 12.2. The molecule has 0 saturated carbocycles. The first-order valence-electron chi connectivity index (χ1n) is 6.01. The molecule has 9 heteroatoms. The lowest BCUT2D eigenvalue weighted by Gasteiger charge is -2.10. The summed E-state index contributed by atoms with van der Waals surface area (Å²) < 4.78 is 49.2. The smallest absolute Gasteiger partial charge is 0.261 e. The molecular formula is C13H13ClN2O4S2. The van der Waals surface area contributed by atoms with Gasteiger partial charge in [-0.25, -0.2) is 22.0 Å².